The minimum atomic E-state index is -3.19. The van der Waals surface area contributed by atoms with Gasteiger partial charge in [0.1, 0.15) is 0 Å². The normalized spacial score (nSPS) is 28.7. The summed E-state index contributed by atoms with van der Waals surface area (Å²) >= 11 is 0. The highest BCUT2D eigenvalue weighted by atomic mass is 32.2. The van der Waals surface area contributed by atoms with Crippen LogP contribution in [0.25, 0.3) is 0 Å². The maximum absolute atomic E-state index is 11.5. The molecule has 4 nitrogen and oxygen atoms in total. The minimum absolute atomic E-state index is 0.149. The molecule has 1 aliphatic rings. The second-order valence-electron chi connectivity index (χ2n) is 4.25. The van der Waals surface area contributed by atoms with E-state index < -0.39 is 16.1 Å². The van der Waals surface area contributed by atoms with Crippen LogP contribution in [0, 0.1) is 0 Å². The van der Waals surface area contributed by atoms with E-state index in [1.54, 1.807) is 0 Å². The number of aliphatic hydroxyl groups excluding tert-OH is 1. The van der Waals surface area contributed by atoms with Crippen molar-refractivity contribution in [1.29, 1.82) is 0 Å². The second kappa shape index (κ2) is 5.82. The van der Waals surface area contributed by atoms with Gasteiger partial charge in [-0.25, -0.2) is 13.1 Å². The molecule has 15 heavy (non-hydrogen) atoms. The molecule has 0 heterocycles. The minimum Gasteiger partial charge on any atom is -0.391 e. The first kappa shape index (κ1) is 12.9. The van der Waals surface area contributed by atoms with Gasteiger partial charge in [0.25, 0.3) is 0 Å². The predicted octanol–water partition coefficient (Wildman–Crippen LogP) is 1.01. The van der Waals surface area contributed by atoms with Crippen molar-refractivity contribution in [2.24, 2.45) is 0 Å². The number of aliphatic hydroxyl groups is 1. The smallest absolute Gasteiger partial charge is 0.211 e. The molecule has 0 amide bonds. The summed E-state index contributed by atoms with van der Waals surface area (Å²) in [7, 11) is -3.19. The number of nitrogens with one attached hydrogen (secondary N) is 1. The van der Waals surface area contributed by atoms with Crippen LogP contribution in [0.1, 0.15) is 45.4 Å². The van der Waals surface area contributed by atoms with Crippen molar-refractivity contribution in [2.45, 2.75) is 57.6 Å². The Morgan fingerprint density at radius 1 is 1.27 bits per heavy atom. The van der Waals surface area contributed by atoms with Crippen molar-refractivity contribution in [3.63, 3.8) is 0 Å². The molecule has 90 valence electrons. The van der Waals surface area contributed by atoms with E-state index in [0.717, 1.165) is 25.7 Å². The maximum Gasteiger partial charge on any atom is 0.211 e. The molecular weight excluding hydrogens is 214 g/mol. The van der Waals surface area contributed by atoms with E-state index >= 15 is 0 Å². The van der Waals surface area contributed by atoms with E-state index in [2.05, 4.69) is 4.72 Å². The number of hydrogen-bond acceptors (Lipinski definition) is 3. The fourth-order valence-corrected chi connectivity index (χ4v) is 3.38. The third kappa shape index (κ3) is 4.49. The Labute approximate surface area is 92.1 Å². The van der Waals surface area contributed by atoms with Gasteiger partial charge in [0, 0.05) is 6.04 Å². The zero-order valence-electron chi connectivity index (χ0n) is 9.28. The molecular formula is C10H21NO3S. The largest absolute Gasteiger partial charge is 0.391 e. The van der Waals surface area contributed by atoms with Crippen LogP contribution in [0.5, 0.6) is 0 Å². The molecule has 0 saturated heterocycles. The Hall–Kier alpha value is -0.130. The average Bonchev–Trinajstić information content (AvgIpc) is 2.31. The Kier molecular flexibility index (Phi) is 5.02. The quantitative estimate of drug-likeness (QED) is 0.715. The summed E-state index contributed by atoms with van der Waals surface area (Å²) in [5, 5.41) is 9.75. The van der Waals surface area contributed by atoms with Crippen molar-refractivity contribution in [1.82, 2.24) is 4.72 Å². The standard InChI is InChI=1S/C10H21NO3S/c1-2-8-15(13,14)11-9-6-4-3-5-7-10(9)12/h9-12H,2-8H2,1H3. The lowest BCUT2D eigenvalue weighted by molar-refractivity contribution is 0.130. The van der Waals surface area contributed by atoms with Crippen LogP contribution in [0.3, 0.4) is 0 Å². The SMILES string of the molecule is CCCS(=O)(=O)NC1CCCCCC1O. The molecule has 0 aliphatic heterocycles. The van der Waals surface area contributed by atoms with E-state index in [-0.39, 0.29) is 11.8 Å². The van der Waals surface area contributed by atoms with Gasteiger partial charge in [0.15, 0.2) is 0 Å². The molecule has 1 rings (SSSR count). The van der Waals surface area contributed by atoms with Crippen LogP contribution < -0.4 is 4.72 Å². The highest BCUT2D eigenvalue weighted by Gasteiger charge is 2.25. The van der Waals surface area contributed by atoms with E-state index in [4.69, 9.17) is 0 Å². The zero-order chi connectivity index (χ0) is 11.3. The van der Waals surface area contributed by atoms with E-state index in [9.17, 15) is 13.5 Å². The fraction of sp³-hybridized carbons (Fsp3) is 1.00. The van der Waals surface area contributed by atoms with Gasteiger partial charge in [-0.1, -0.05) is 26.2 Å². The molecule has 2 atom stereocenters. The summed E-state index contributed by atoms with van der Waals surface area (Å²) < 4.78 is 25.7. The molecule has 0 aromatic rings. The van der Waals surface area contributed by atoms with E-state index in [1.165, 1.54) is 0 Å². The van der Waals surface area contributed by atoms with Gasteiger partial charge in [-0.15, -0.1) is 0 Å². The topological polar surface area (TPSA) is 66.4 Å². The highest BCUT2D eigenvalue weighted by Crippen LogP contribution is 2.18. The summed E-state index contributed by atoms with van der Waals surface area (Å²) in [5.41, 5.74) is 0. The van der Waals surface area contributed by atoms with E-state index in [1.807, 2.05) is 6.92 Å². The van der Waals surface area contributed by atoms with Crippen molar-refractivity contribution < 1.29 is 13.5 Å². The zero-order valence-corrected chi connectivity index (χ0v) is 10.1. The molecule has 1 fully saturated rings. The molecule has 2 unspecified atom stereocenters. The molecule has 1 aliphatic carbocycles. The Morgan fingerprint density at radius 3 is 2.60 bits per heavy atom. The third-order valence-corrected chi connectivity index (χ3v) is 4.39. The van der Waals surface area contributed by atoms with Gasteiger partial charge in [0.05, 0.1) is 11.9 Å². The maximum atomic E-state index is 11.5. The molecule has 5 heteroatoms. The van der Waals surface area contributed by atoms with Crippen LogP contribution in [0.2, 0.25) is 0 Å². The number of hydrogen-bond donors (Lipinski definition) is 2. The summed E-state index contributed by atoms with van der Waals surface area (Å²) in [6.45, 7) is 1.84. The van der Waals surface area contributed by atoms with Crippen molar-refractivity contribution in [3.05, 3.63) is 0 Å². The molecule has 0 aromatic heterocycles. The molecule has 2 N–H and O–H groups in total. The van der Waals surface area contributed by atoms with Crippen molar-refractivity contribution in [3.8, 4) is 0 Å². The summed E-state index contributed by atoms with van der Waals surface area (Å²) in [6.07, 6.45) is 4.63. The Balaban J connectivity index is 2.54. The molecule has 1 saturated carbocycles. The lowest BCUT2D eigenvalue weighted by Crippen LogP contribution is -2.43. The monoisotopic (exact) mass is 235 g/mol. The third-order valence-electron chi connectivity index (χ3n) is 2.78. The Bertz CT molecular complexity index is 276. The first-order valence-corrected chi connectivity index (χ1v) is 7.38. The fourth-order valence-electron chi connectivity index (χ4n) is 1.98. The van der Waals surface area contributed by atoms with Gasteiger partial charge in [-0.3, -0.25) is 0 Å². The average molecular weight is 235 g/mol. The summed E-state index contributed by atoms with van der Waals surface area (Å²) in [6, 6.07) is -0.274. The van der Waals surface area contributed by atoms with Gasteiger partial charge in [-0.2, -0.15) is 0 Å². The van der Waals surface area contributed by atoms with Crippen LogP contribution in [-0.4, -0.2) is 31.4 Å². The van der Waals surface area contributed by atoms with Crippen LogP contribution in [0.15, 0.2) is 0 Å². The first-order valence-electron chi connectivity index (χ1n) is 5.73. The van der Waals surface area contributed by atoms with Gasteiger partial charge < -0.3 is 5.11 Å². The van der Waals surface area contributed by atoms with Crippen LogP contribution >= 0.6 is 0 Å². The summed E-state index contributed by atoms with van der Waals surface area (Å²) in [4.78, 5) is 0. The van der Waals surface area contributed by atoms with Gasteiger partial charge >= 0.3 is 0 Å². The first-order chi connectivity index (χ1) is 7.05. The van der Waals surface area contributed by atoms with Crippen molar-refractivity contribution >= 4 is 10.0 Å². The lowest BCUT2D eigenvalue weighted by atomic mass is 10.1. The summed E-state index contributed by atoms with van der Waals surface area (Å²) in [5.74, 6) is 0.149. The van der Waals surface area contributed by atoms with Crippen molar-refractivity contribution in [2.75, 3.05) is 5.75 Å². The number of rotatable bonds is 4. The Morgan fingerprint density at radius 2 is 1.93 bits per heavy atom. The lowest BCUT2D eigenvalue weighted by Gasteiger charge is -2.21. The molecule has 0 spiro atoms. The highest BCUT2D eigenvalue weighted by molar-refractivity contribution is 7.89. The van der Waals surface area contributed by atoms with Crippen LogP contribution in [0.4, 0.5) is 0 Å². The number of sulfonamides is 1. The van der Waals surface area contributed by atoms with Gasteiger partial charge in [0.2, 0.25) is 10.0 Å². The van der Waals surface area contributed by atoms with E-state index in [0.29, 0.717) is 12.8 Å². The molecule has 0 bridgehead atoms. The van der Waals surface area contributed by atoms with Gasteiger partial charge in [-0.05, 0) is 19.3 Å². The predicted molar refractivity (Wildman–Crippen MR) is 60.1 cm³/mol. The van der Waals surface area contributed by atoms with Crippen LogP contribution in [-0.2, 0) is 10.0 Å². The molecule has 0 aromatic carbocycles. The second-order valence-corrected chi connectivity index (χ2v) is 6.12. The molecule has 0 radical (unpaired) electrons.